The van der Waals surface area contributed by atoms with Crippen LogP contribution < -0.4 is 16.6 Å². The predicted octanol–water partition coefficient (Wildman–Crippen LogP) is -1.12. The van der Waals surface area contributed by atoms with Crippen LogP contribution in [-0.4, -0.2) is 27.3 Å². The van der Waals surface area contributed by atoms with Gasteiger partial charge in [0, 0.05) is 7.05 Å². The zero-order chi connectivity index (χ0) is 12.3. The van der Waals surface area contributed by atoms with E-state index in [0.29, 0.717) is 6.29 Å². The molecule has 3 N–H and O–H groups in total. The first-order valence-electron chi connectivity index (χ1n) is 4.17. The van der Waals surface area contributed by atoms with Gasteiger partial charge in [-0.3, -0.25) is 19.5 Å². The average molecular weight is 227 g/mol. The molecule has 0 aromatic carbocycles. The monoisotopic (exact) mass is 227 g/mol. The SMILES string of the molecule is Cn1c(N)nc(NCC=O)c([N+](=O)[O-])c1=O. The Hall–Kier alpha value is -2.45. The highest BCUT2D eigenvalue weighted by atomic mass is 16.6. The van der Waals surface area contributed by atoms with Gasteiger partial charge in [-0.05, 0) is 0 Å². The number of hydrogen-bond acceptors (Lipinski definition) is 7. The summed E-state index contributed by atoms with van der Waals surface area (Å²) in [4.78, 5) is 35.0. The minimum absolute atomic E-state index is 0.177. The Bertz CT molecular complexity index is 494. The smallest absolute Gasteiger partial charge is 0.369 e. The topological polar surface area (TPSA) is 133 Å². The molecule has 0 atom stereocenters. The fraction of sp³-hybridized carbons (Fsp3) is 0.286. The predicted molar refractivity (Wildman–Crippen MR) is 55.1 cm³/mol. The maximum Gasteiger partial charge on any atom is 0.376 e. The lowest BCUT2D eigenvalue weighted by atomic mass is 10.4. The number of rotatable bonds is 4. The van der Waals surface area contributed by atoms with E-state index < -0.39 is 16.2 Å². The maximum atomic E-state index is 11.5. The lowest BCUT2D eigenvalue weighted by molar-refractivity contribution is -0.385. The summed E-state index contributed by atoms with van der Waals surface area (Å²) < 4.78 is 0.851. The minimum atomic E-state index is -0.883. The van der Waals surface area contributed by atoms with Crippen LogP contribution in [0.3, 0.4) is 0 Å². The van der Waals surface area contributed by atoms with Crippen molar-refractivity contribution in [3.63, 3.8) is 0 Å². The van der Waals surface area contributed by atoms with E-state index in [2.05, 4.69) is 10.3 Å². The first-order valence-corrected chi connectivity index (χ1v) is 4.17. The Morgan fingerprint density at radius 1 is 1.69 bits per heavy atom. The van der Waals surface area contributed by atoms with E-state index in [9.17, 15) is 19.7 Å². The number of carbonyl (C=O) groups is 1. The highest BCUT2D eigenvalue weighted by Gasteiger charge is 2.23. The van der Waals surface area contributed by atoms with Crippen molar-refractivity contribution in [3.05, 3.63) is 20.5 Å². The molecule has 1 aromatic rings. The van der Waals surface area contributed by atoms with Gasteiger partial charge in [-0.2, -0.15) is 4.98 Å². The van der Waals surface area contributed by atoms with Gasteiger partial charge in [0.25, 0.3) is 0 Å². The number of nitro groups is 1. The summed E-state index contributed by atoms with van der Waals surface area (Å²) in [6.07, 6.45) is 0.485. The molecule has 0 saturated heterocycles. The summed E-state index contributed by atoms with van der Waals surface area (Å²) in [5, 5.41) is 13.0. The van der Waals surface area contributed by atoms with E-state index in [0.717, 1.165) is 4.57 Å². The molecule has 9 nitrogen and oxygen atoms in total. The van der Waals surface area contributed by atoms with Gasteiger partial charge in [-0.1, -0.05) is 0 Å². The molecule has 0 bridgehead atoms. The van der Waals surface area contributed by atoms with Crippen LogP contribution in [0.15, 0.2) is 4.79 Å². The van der Waals surface area contributed by atoms with Crippen molar-refractivity contribution in [1.82, 2.24) is 9.55 Å². The fourth-order valence-electron chi connectivity index (χ4n) is 1.03. The van der Waals surface area contributed by atoms with Gasteiger partial charge < -0.3 is 15.8 Å². The standard InChI is InChI=1S/C7H9N5O4/c1-11-6(14)4(12(15)16)5(9-2-3-13)10-7(11)8/h3,9H,2H2,1H3,(H2,8,10). The molecule has 9 heteroatoms. The number of aldehydes is 1. The third kappa shape index (κ3) is 1.97. The van der Waals surface area contributed by atoms with Crippen molar-refractivity contribution >= 4 is 23.7 Å². The van der Waals surface area contributed by atoms with Crippen molar-refractivity contribution in [2.75, 3.05) is 17.6 Å². The van der Waals surface area contributed by atoms with Crippen molar-refractivity contribution < 1.29 is 9.72 Å². The largest absolute Gasteiger partial charge is 0.376 e. The summed E-state index contributed by atoms with van der Waals surface area (Å²) >= 11 is 0. The number of nitrogens with one attached hydrogen (secondary N) is 1. The molecule has 16 heavy (non-hydrogen) atoms. The number of nitrogens with zero attached hydrogens (tertiary/aromatic N) is 3. The number of hydrogen-bond donors (Lipinski definition) is 2. The molecule has 0 aliphatic carbocycles. The number of carbonyl (C=O) groups excluding carboxylic acids is 1. The summed E-state index contributed by atoms with van der Waals surface area (Å²) in [5.41, 5.74) is 3.74. The van der Waals surface area contributed by atoms with Crippen molar-refractivity contribution in [1.29, 1.82) is 0 Å². The molecule has 1 rings (SSSR count). The van der Waals surface area contributed by atoms with Crippen molar-refractivity contribution in [2.24, 2.45) is 7.05 Å². The zero-order valence-electron chi connectivity index (χ0n) is 8.34. The molecule has 1 aromatic heterocycles. The van der Waals surface area contributed by atoms with Crippen molar-refractivity contribution in [3.8, 4) is 0 Å². The maximum absolute atomic E-state index is 11.5. The lowest BCUT2D eigenvalue weighted by Crippen LogP contribution is -2.26. The van der Waals surface area contributed by atoms with Gasteiger partial charge >= 0.3 is 11.2 Å². The van der Waals surface area contributed by atoms with Crippen LogP contribution in [0.25, 0.3) is 0 Å². The number of nitrogen functional groups attached to an aromatic ring is 1. The summed E-state index contributed by atoms with van der Waals surface area (Å²) in [7, 11) is 1.27. The number of anilines is 2. The Kier molecular flexibility index (Phi) is 3.18. The lowest BCUT2D eigenvalue weighted by Gasteiger charge is -2.06. The van der Waals surface area contributed by atoms with Gasteiger partial charge in [0.05, 0.1) is 11.5 Å². The van der Waals surface area contributed by atoms with Crippen LogP contribution in [-0.2, 0) is 11.8 Å². The molecule has 0 amide bonds. The average Bonchev–Trinajstić information content (AvgIpc) is 2.22. The molecule has 0 unspecified atom stereocenters. The quantitative estimate of drug-likeness (QED) is 0.378. The third-order valence-electron chi connectivity index (χ3n) is 1.84. The minimum Gasteiger partial charge on any atom is -0.369 e. The second kappa shape index (κ2) is 4.38. The molecular formula is C7H9N5O4. The summed E-state index contributed by atoms with van der Waals surface area (Å²) in [5.74, 6) is -0.485. The Labute approximate surface area is 89.0 Å². The molecule has 0 aliphatic heterocycles. The van der Waals surface area contributed by atoms with Gasteiger partial charge in [-0.15, -0.1) is 0 Å². The Morgan fingerprint density at radius 2 is 2.31 bits per heavy atom. The molecule has 1 heterocycles. The van der Waals surface area contributed by atoms with Crippen LogP contribution in [0.4, 0.5) is 17.5 Å². The van der Waals surface area contributed by atoms with Gasteiger partial charge in [0.2, 0.25) is 11.8 Å². The third-order valence-corrected chi connectivity index (χ3v) is 1.84. The first-order chi connectivity index (χ1) is 7.49. The van der Waals surface area contributed by atoms with Gasteiger partial charge in [-0.25, -0.2) is 0 Å². The highest BCUT2D eigenvalue weighted by molar-refractivity contribution is 5.63. The molecule has 0 saturated carbocycles. The van der Waals surface area contributed by atoms with E-state index in [1.165, 1.54) is 7.05 Å². The van der Waals surface area contributed by atoms with Crippen molar-refractivity contribution in [2.45, 2.75) is 0 Å². The molecule has 0 fully saturated rings. The van der Waals surface area contributed by atoms with E-state index in [1.807, 2.05) is 0 Å². The summed E-state index contributed by atoms with van der Waals surface area (Å²) in [6.45, 7) is -0.194. The molecule has 86 valence electrons. The number of aromatic nitrogens is 2. The van der Waals surface area contributed by atoms with E-state index >= 15 is 0 Å². The molecule has 0 spiro atoms. The van der Waals surface area contributed by atoms with E-state index in [1.54, 1.807) is 0 Å². The van der Waals surface area contributed by atoms with Gasteiger partial charge in [0.15, 0.2) is 0 Å². The van der Waals surface area contributed by atoms with Crippen LogP contribution in [0.5, 0.6) is 0 Å². The van der Waals surface area contributed by atoms with Gasteiger partial charge in [0.1, 0.15) is 6.29 Å². The van der Waals surface area contributed by atoms with Crippen LogP contribution >= 0.6 is 0 Å². The van der Waals surface area contributed by atoms with E-state index in [-0.39, 0.29) is 18.3 Å². The Balaban J connectivity index is 3.41. The highest BCUT2D eigenvalue weighted by Crippen LogP contribution is 2.17. The first kappa shape index (κ1) is 11.6. The normalized spacial score (nSPS) is 9.81. The second-order valence-corrected chi connectivity index (χ2v) is 2.84. The molecule has 0 radical (unpaired) electrons. The molecule has 0 aliphatic rings. The second-order valence-electron chi connectivity index (χ2n) is 2.84. The molecular weight excluding hydrogens is 218 g/mol. The number of nitrogens with two attached hydrogens (primary N) is 1. The zero-order valence-corrected chi connectivity index (χ0v) is 8.34. The van der Waals surface area contributed by atoms with Crippen LogP contribution in [0.2, 0.25) is 0 Å². The van der Waals surface area contributed by atoms with E-state index in [4.69, 9.17) is 5.73 Å². The Morgan fingerprint density at radius 3 is 2.81 bits per heavy atom. The van der Waals surface area contributed by atoms with Crippen LogP contribution in [0, 0.1) is 10.1 Å². The van der Waals surface area contributed by atoms with Crippen LogP contribution in [0.1, 0.15) is 0 Å². The fourth-order valence-corrected chi connectivity index (χ4v) is 1.03. The summed E-state index contributed by atoms with van der Waals surface area (Å²) in [6, 6.07) is 0.